The van der Waals surface area contributed by atoms with Gasteiger partial charge < -0.3 is 40.6 Å². The fourth-order valence-corrected chi connectivity index (χ4v) is 8.19. The highest BCUT2D eigenvalue weighted by Gasteiger charge is 2.38. The molecule has 54 heteroatoms. The van der Waals surface area contributed by atoms with E-state index in [0.29, 0.717) is 65.9 Å². The number of anilines is 11. The predicted molar refractivity (Wildman–Crippen MR) is 373 cm³/mol. The minimum absolute atomic E-state index is 0.0205. The summed E-state index contributed by atoms with van der Waals surface area (Å²) < 4.78 is 288. The van der Waals surface area contributed by atoms with E-state index in [1.807, 2.05) is 0 Å². The van der Waals surface area contributed by atoms with Crippen LogP contribution in [-0.4, -0.2) is 110 Å². The summed E-state index contributed by atoms with van der Waals surface area (Å²) in [4.78, 5) is 54.3. The number of aliphatic hydroxyl groups excluding tert-OH is 1. The van der Waals surface area contributed by atoms with Crippen LogP contribution < -0.4 is 70.4 Å². The first-order valence-corrected chi connectivity index (χ1v) is 31.8. The van der Waals surface area contributed by atoms with E-state index in [0.717, 1.165) is 74.4 Å². The number of hydrazine groups is 3. The monoisotopic (exact) mass is 1740 g/mol. The van der Waals surface area contributed by atoms with Gasteiger partial charge in [-0.05, 0) is 181 Å². The molecule has 5 heterocycles. The number of benzene rings is 6. The highest BCUT2D eigenvalue weighted by Crippen LogP contribution is 2.38. The summed E-state index contributed by atoms with van der Waals surface area (Å²) in [5, 5.41) is 20.6. The van der Waals surface area contributed by atoms with Gasteiger partial charge >= 0.3 is 37.4 Å². The van der Waals surface area contributed by atoms with E-state index in [9.17, 15) is 101 Å². The SMILES string of the molecule is C1CCOC1.CCO.Fc1ccc(Nc2nc(Cl)nc(Cl)n2)cc1C(F)(F)F.Fc1ccc(Nc2ncnc(N/N=C/c3ccc(OC(F)(F)F)cc3)n2)cc1C(F)(F)F.NN.NNc1nc(Cl)nc(Nc2ccc(F)c(C(F)(F)F)c2)n1.NNc1ncnc(Nc2ccc(F)c(C(F)(F)F)c2)n1.O=Cc1ccc(OC(F)(F)F)cc1. The Morgan fingerprint density at radius 2 is 0.724 bits per heavy atom. The summed E-state index contributed by atoms with van der Waals surface area (Å²) in [5.74, 6) is 11.3. The second-order valence-corrected chi connectivity index (χ2v) is 21.6. The van der Waals surface area contributed by atoms with Gasteiger partial charge in [0.1, 0.15) is 53.7 Å². The number of halogens is 25. The van der Waals surface area contributed by atoms with Crippen molar-refractivity contribution in [2.75, 3.05) is 57.4 Å². The van der Waals surface area contributed by atoms with Crippen molar-refractivity contribution in [2.24, 2.45) is 28.5 Å². The third-order valence-electron chi connectivity index (χ3n) is 12.3. The number of carbonyl (C=O) groups excluding carboxylic acids is 1. The number of carbonyl (C=O) groups is 1. The van der Waals surface area contributed by atoms with Gasteiger partial charge in [0.25, 0.3) is 0 Å². The average Bonchev–Trinajstić information content (AvgIpc) is 0.848. The Kier molecular flexibility index (Phi) is 37.5. The Labute approximate surface area is 651 Å². The Morgan fingerprint density at radius 3 is 1.04 bits per heavy atom. The third kappa shape index (κ3) is 35.6. The quantitative estimate of drug-likeness (QED) is 0.0140. The van der Waals surface area contributed by atoms with Crippen LogP contribution in [0.4, 0.5) is 161 Å². The summed E-state index contributed by atoms with van der Waals surface area (Å²) in [6, 6.07) is 18.9. The molecule has 0 atom stereocenters. The molecule has 11 rings (SSSR count). The van der Waals surface area contributed by atoms with E-state index in [1.165, 1.54) is 43.3 Å². The molecule has 1 aliphatic heterocycles. The molecule has 4 aromatic heterocycles. The highest BCUT2D eigenvalue weighted by molar-refractivity contribution is 6.31. The van der Waals surface area contributed by atoms with Crippen molar-refractivity contribution in [3.05, 3.63) is 206 Å². The first-order valence-electron chi connectivity index (χ1n) is 30.7. The number of nitrogens with one attached hydrogen (secondary N) is 7. The zero-order valence-corrected chi connectivity index (χ0v) is 59.8. The van der Waals surface area contributed by atoms with E-state index in [2.05, 4.69) is 124 Å². The molecule has 0 bridgehead atoms. The van der Waals surface area contributed by atoms with E-state index in [4.69, 9.17) is 56.3 Å². The summed E-state index contributed by atoms with van der Waals surface area (Å²) in [6.07, 6.45) is -22.3. The largest absolute Gasteiger partial charge is 0.573 e. The van der Waals surface area contributed by atoms with Gasteiger partial charge in [-0.2, -0.15) is 103 Å². The number of hydrazone groups is 1. The Balaban J connectivity index is 0.000000303. The highest BCUT2D eigenvalue weighted by atomic mass is 35.5. The molecule has 0 amide bonds. The summed E-state index contributed by atoms with van der Waals surface area (Å²) >= 11 is 16.6. The molecule has 0 unspecified atom stereocenters. The molecule has 626 valence electrons. The number of aromatic nitrogens is 12. The number of ether oxygens (including phenoxy) is 3. The second kappa shape index (κ2) is 45.2. The number of alkyl halides is 18. The number of nitrogens with zero attached hydrogens (tertiary/aromatic N) is 13. The molecule has 116 heavy (non-hydrogen) atoms. The molecule has 29 nitrogen and oxygen atoms in total. The van der Waals surface area contributed by atoms with Crippen LogP contribution in [0.3, 0.4) is 0 Å². The maximum Gasteiger partial charge on any atom is 0.573 e. The van der Waals surface area contributed by atoms with Crippen LogP contribution in [0.25, 0.3) is 0 Å². The lowest BCUT2D eigenvalue weighted by atomic mass is 10.2. The standard InChI is InChI=1S/C18H11F7N6O.C10H4Cl2F4N4.C10H7ClF4N6.C10H8F4N6.C8H5F3O2.C4H8O.C2H6O.H4N2/c19-14-6-3-11(7-13(14)17(20,21)22)29-15-26-9-27-16(30-15)31-28-8-10-1-4-12(5-2-10)32-18(23,24)25;11-7-18-8(12)20-9(19-7)17-4-1-2-6(13)5(3-4)10(14,15)16;11-7-18-8(20-9(19-7)21-16)17-4-1-2-6(12)5(3-4)10(13,14)15;11-7-2-1-5(3-6(7)10(12,13)14)18-8-16-4-17-9(19-8)20-15;9-8(10,11)13-7-3-1-6(5-12)2-4-7;1-2-4-5-3-1;1-2-3;1-2/h1-9H,(H2,26,27,29,30,31);1-3H,(H,17,18,19,20);1-3H,16H2,(H2,17,18,19,20,21);1-4H,15H2,(H2,16,17,18,19,20);1-5H;1-4H2;3H,2H2,1H3;1-2H2/b28-8+;;;;;;;. The van der Waals surface area contributed by atoms with Gasteiger partial charge in [0, 0.05) is 48.1 Å². The Hall–Kier alpha value is -12.0. The molecule has 0 spiro atoms. The lowest BCUT2D eigenvalue weighted by Crippen LogP contribution is -2.17. The van der Waals surface area contributed by atoms with Gasteiger partial charge in [0.05, 0.1) is 28.5 Å². The van der Waals surface area contributed by atoms with E-state index >= 15 is 0 Å². The van der Waals surface area contributed by atoms with Gasteiger partial charge in [-0.3, -0.25) is 27.3 Å². The van der Waals surface area contributed by atoms with Crippen LogP contribution in [-0.2, 0) is 29.4 Å². The Morgan fingerprint density at radius 1 is 0.431 bits per heavy atom. The van der Waals surface area contributed by atoms with E-state index < -0.39 is 88.7 Å². The fourth-order valence-electron chi connectivity index (χ4n) is 7.66. The van der Waals surface area contributed by atoms with Crippen molar-refractivity contribution in [1.82, 2.24) is 59.8 Å². The maximum atomic E-state index is 13.4. The lowest BCUT2D eigenvalue weighted by molar-refractivity contribution is -0.275. The predicted octanol–water partition coefficient (Wildman–Crippen LogP) is 16.0. The zero-order valence-electron chi connectivity index (χ0n) is 57.5. The van der Waals surface area contributed by atoms with E-state index in [-0.39, 0.29) is 92.6 Å². The van der Waals surface area contributed by atoms with Crippen LogP contribution in [0, 0.1) is 23.3 Å². The van der Waals surface area contributed by atoms with E-state index in [1.54, 1.807) is 6.92 Å². The minimum Gasteiger partial charge on any atom is -0.406 e. The number of nitrogens with two attached hydrogens (primary N) is 4. The van der Waals surface area contributed by atoms with Crippen molar-refractivity contribution >= 4 is 112 Å². The van der Waals surface area contributed by atoms with Crippen molar-refractivity contribution in [3.63, 3.8) is 0 Å². The molecular weight excluding hydrogens is 1690 g/mol. The van der Waals surface area contributed by atoms with Gasteiger partial charge in [0.2, 0.25) is 57.5 Å². The van der Waals surface area contributed by atoms with Crippen molar-refractivity contribution < 1.29 is 121 Å². The Bertz CT molecular complexity index is 4730. The number of hydrogen-bond donors (Lipinski definition) is 12. The number of aliphatic hydroxyl groups is 1. The molecule has 10 aromatic rings. The van der Waals surface area contributed by atoms with Crippen LogP contribution in [0.5, 0.6) is 11.5 Å². The molecule has 1 fully saturated rings. The molecule has 0 saturated carbocycles. The fraction of sp³-hybridized carbons (Fsp3) is 0.194. The number of hydrogen-bond acceptors (Lipinski definition) is 29. The normalized spacial score (nSPS) is 11.8. The van der Waals surface area contributed by atoms with Crippen LogP contribution >= 0.6 is 34.8 Å². The smallest absolute Gasteiger partial charge is 0.406 e. The first kappa shape index (κ1) is 96.4. The van der Waals surface area contributed by atoms with Crippen LogP contribution in [0.1, 0.15) is 57.9 Å². The average molecular weight is 1740 g/mol. The maximum absolute atomic E-state index is 13.4. The molecule has 1 aliphatic rings. The summed E-state index contributed by atoms with van der Waals surface area (Å²) in [5.41, 5.74) is 1.49. The summed E-state index contributed by atoms with van der Waals surface area (Å²) in [6.45, 7) is 3.93. The van der Waals surface area contributed by atoms with Crippen molar-refractivity contribution in [1.29, 1.82) is 0 Å². The second-order valence-electron chi connectivity index (χ2n) is 20.6. The summed E-state index contributed by atoms with van der Waals surface area (Å²) in [7, 11) is 0. The van der Waals surface area contributed by atoms with Gasteiger partial charge in [0.15, 0.2) is 0 Å². The van der Waals surface area contributed by atoms with Gasteiger partial charge in [-0.25, -0.2) is 49.6 Å². The number of rotatable bonds is 16. The van der Waals surface area contributed by atoms with Crippen LogP contribution in [0.15, 0.2) is 139 Å². The number of aldehydes is 1. The lowest BCUT2D eigenvalue weighted by Gasteiger charge is -2.11. The molecule has 0 radical (unpaired) electrons. The van der Waals surface area contributed by atoms with Crippen molar-refractivity contribution in [3.8, 4) is 11.5 Å². The first-order chi connectivity index (χ1) is 54.4. The zero-order chi connectivity index (χ0) is 86.8. The molecular formula is C62H53Cl3F22N24O5. The van der Waals surface area contributed by atoms with Gasteiger partial charge in [-0.1, -0.05) is 0 Å². The van der Waals surface area contributed by atoms with Crippen molar-refractivity contribution in [2.45, 2.75) is 57.2 Å². The third-order valence-corrected chi connectivity index (χ3v) is 12.8. The minimum atomic E-state index is -4.88. The molecule has 6 aromatic carbocycles. The molecule has 1 saturated heterocycles. The van der Waals surface area contributed by atoms with Gasteiger partial charge in [-0.15, -0.1) is 26.3 Å². The molecule has 16 N–H and O–H groups in total. The topological polar surface area (TPSA) is 420 Å². The number of nitrogen functional groups attached to an aromatic ring is 2. The molecule has 0 aliphatic carbocycles. The van der Waals surface area contributed by atoms with Crippen LogP contribution in [0.2, 0.25) is 15.9 Å².